The molecule has 1 saturated heterocycles. The van der Waals surface area contributed by atoms with Gasteiger partial charge in [-0.25, -0.2) is 4.98 Å². The van der Waals surface area contributed by atoms with Gasteiger partial charge in [-0.1, -0.05) is 38.1 Å². The van der Waals surface area contributed by atoms with Crippen LogP contribution in [0.5, 0.6) is 0 Å². The zero-order chi connectivity index (χ0) is 15.7. The summed E-state index contributed by atoms with van der Waals surface area (Å²) in [4.78, 5) is 22.0. The van der Waals surface area contributed by atoms with Gasteiger partial charge in [-0.3, -0.25) is 4.79 Å². The van der Waals surface area contributed by atoms with Crippen molar-refractivity contribution in [3.8, 4) is 11.3 Å². The van der Waals surface area contributed by atoms with E-state index in [1.807, 2.05) is 23.2 Å². The van der Waals surface area contributed by atoms with E-state index in [0.29, 0.717) is 12.3 Å². The number of hydrogen-bond donors (Lipinski definition) is 1. The van der Waals surface area contributed by atoms with Gasteiger partial charge in [0.15, 0.2) is 0 Å². The first-order chi connectivity index (χ1) is 10.5. The second kappa shape index (κ2) is 5.95. The minimum Gasteiger partial charge on any atom is -0.342 e. The molecule has 1 fully saturated rings. The van der Waals surface area contributed by atoms with Crippen molar-refractivity contribution in [3.63, 3.8) is 0 Å². The monoisotopic (exact) mass is 297 g/mol. The molecule has 22 heavy (non-hydrogen) atoms. The Labute approximate surface area is 131 Å². The van der Waals surface area contributed by atoms with Crippen LogP contribution in [-0.2, 0) is 4.79 Å². The quantitative estimate of drug-likeness (QED) is 0.940. The molecule has 1 amide bonds. The average Bonchev–Trinajstić information content (AvgIpc) is 3.07. The molecule has 2 heterocycles. The molecule has 1 aromatic carbocycles. The Balaban J connectivity index is 1.78. The van der Waals surface area contributed by atoms with Gasteiger partial charge < -0.3 is 9.88 Å². The fourth-order valence-corrected chi connectivity index (χ4v) is 3.13. The summed E-state index contributed by atoms with van der Waals surface area (Å²) >= 11 is 0. The number of benzene rings is 1. The molecule has 116 valence electrons. The Bertz CT molecular complexity index is 674. The molecule has 1 aliphatic rings. The van der Waals surface area contributed by atoms with Crippen molar-refractivity contribution in [2.45, 2.75) is 33.1 Å². The largest absolute Gasteiger partial charge is 0.342 e. The van der Waals surface area contributed by atoms with E-state index < -0.39 is 0 Å². The summed E-state index contributed by atoms with van der Waals surface area (Å²) in [6, 6.07) is 8.26. The predicted octanol–water partition coefficient (Wildman–Crippen LogP) is 3.36. The number of likely N-dealkylation sites (tertiary alicyclic amines) is 1. The lowest BCUT2D eigenvalue weighted by atomic mass is 10.1. The van der Waals surface area contributed by atoms with Gasteiger partial charge in [0.2, 0.25) is 5.91 Å². The van der Waals surface area contributed by atoms with Gasteiger partial charge in [-0.15, -0.1) is 0 Å². The van der Waals surface area contributed by atoms with Crippen LogP contribution in [0.25, 0.3) is 11.3 Å². The molecule has 4 nitrogen and oxygen atoms in total. The Morgan fingerprint density at radius 2 is 2.14 bits per heavy atom. The zero-order valence-corrected chi connectivity index (χ0v) is 13.5. The molecule has 0 radical (unpaired) electrons. The first-order valence-corrected chi connectivity index (χ1v) is 7.93. The number of nitrogens with zero attached hydrogens (tertiary/aromatic N) is 2. The van der Waals surface area contributed by atoms with Crippen molar-refractivity contribution in [1.82, 2.24) is 14.9 Å². The SMILES string of the molecule is Cc1ccccc1-c1cnc([C@H]2CC(=O)N(CC(C)C)C2)[nH]1. The highest BCUT2D eigenvalue weighted by molar-refractivity contribution is 5.79. The molecule has 0 aliphatic carbocycles. The van der Waals surface area contributed by atoms with Crippen LogP contribution in [-0.4, -0.2) is 33.9 Å². The Morgan fingerprint density at radius 1 is 1.36 bits per heavy atom. The number of carbonyl (C=O) groups excluding carboxylic acids is 1. The second-order valence-corrected chi connectivity index (χ2v) is 6.59. The molecular formula is C18H23N3O. The van der Waals surface area contributed by atoms with Crippen LogP contribution in [0.3, 0.4) is 0 Å². The Morgan fingerprint density at radius 3 is 2.86 bits per heavy atom. The van der Waals surface area contributed by atoms with E-state index in [1.165, 1.54) is 11.1 Å². The lowest BCUT2D eigenvalue weighted by molar-refractivity contribution is -0.128. The third-order valence-corrected chi connectivity index (χ3v) is 4.22. The van der Waals surface area contributed by atoms with Crippen LogP contribution in [0.4, 0.5) is 0 Å². The molecule has 0 saturated carbocycles. The third kappa shape index (κ3) is 2.91. The molecule has 2 aromatic rings. The molecule has 0 spiro atoms. The van der Waals surface area contributed by atoms with Gasteiger partial charge in [0.25, 0.3) is 0 Å². The molecular weight excluding hydrogens is 274 g/mol. The fraction of sp³-hybridized carbons (Fsp3) is 0.444. The van der Waals surface area contributed by atoms with Crippen molar-refractivity contribution >= 4 is 5.91 Å². The number of aryl methyl sites for hydroxylation is 1. The van der Waals surface area contributed by atoms with Gasteiger partial charge >= 0.3 is 0 Å². The maximum Gasteiger partial charge on any atom is 0.223 e. The third-order valence-electron chi connectivity index (χ3n) is 4.22. The number of aromatic amines is 1. The fourth-order valence-electron chi connectivity index (χ4n) is 3.13. The maximum absolute atomic E-state index is 12.1. The van der Waals surface area contributed by atoms with E-state index in [9.17, 15) is 4.79 Å². The predicted molar refractivity (Wildman–Crippen MR) is 87.5 cm³/mol. The number of amides is 1. The zero-order valence-electron chi connectivity index (χ0n) is 13.5. The van der Waals surface area contributed by atoms with Gasteiger partial charge in [0.05, 0.1) is 11.9 Å². The van der Waals surface area contributed by atoms with Gasteiger partial charge in [-0.2, -0.15) is 0 Å². The molecule has 1 atom stereocenters. The van der Waals surface area contributed by atoms with Crippen LogP contribution < -0.4 is 0 Å². The van der Waals surface area contributed by atoms with Gasteiger partial charge in [-0.05, 0) is 18.4 Å². The number of carbonyl (C=O) groups is 1. The number of nitrogens with one attached hydrogen (secondary N) is 1. The van der Waals surface area contributed by atoms with Crippen molar-refractivity contribution < 1.29 is 4.79 Å². The molecule has 4 heteroatoms. The van der Waals surface area contributed by atoms with Crippen molar-refractivity contribution in [2.24, 2.45) is 5.92 Å². The Hall–Kier alpha value is -2.10. The van der Waals surface area contributed by atoms with E-state index >= 15 is 0 Å². The Kier molecular flexibility index (Phi) is 4.01. The van der Waals surface area contributed by atoms with E-state index in [1.54, 1.807) is 0 Å². The number of rotatable bonds is 4. The smallest absolute Gasteiger partial charge is 0.223 e. The minimum absolute atomic E-state index is 0.184. The summed E-state index contributed by atoms with van der Waals surface area (Å²) in [7, 11) is 0. The summed E-state index contributed by atoms with van der Waals surface area (Å²) in [6.45, 7) is 7.99. The summed E-state index contributed by atoms with van der Waals surface area (Å²) < 4.78 is 0. The van der Waals surface area contributed by atoms with Crippen molar-refractivity contribution in [2.75, 3.05) is 13.1 Å². The molecule has 0 unspecified atom stereocenters. The maximum atomic E-state index is 12.1. The van der Waals surface area contributed by atoms with E-state index in [0.717, 1.165) is 24.6 Å². The summed E-state index contributed by atoms with van der Waals surface area (Å²) in [5.74, 6) is 1.86. The number of imidazole rings is 1. The average molecular weight is 297 g/mol. The van der Waals surface area contributed by atoms with E-state index in [4.69, 9.17) is 0 Å². The van der Waals surface area contributed by atoms with Gasteiger partial charge in [0.1, 0.15) is 5.82 Å². The highest BCUT2D eigenvalue weighted by Crippen LogP contribution is 2.29. The van der Waals surface area contributed by atoms with Crippen molar-refractivity contribution in [1.29, 1.82) is 0 Å². The normalized spacial score (nSPS) is 18.5. The molecule has 1 aliphatic heterocycles. The standard InChI is InChI=1S/C18H23N3O/c1-12(2)10-21-11-14(8-17(21)22)18-19-9-16(20-18)15-7-5-4-6-13(15)3/h4-7,9,12,14H,8,10-11H2,1-3H3,(H,19,20)/t14-/m0/s1. The van der Waals surface area contributed by atoms with E-state index in [-0.39, 0.29) is 11.8 Å². The number of hydrogen-bond acceptors (Lipinski definition) is 2. The van der Waals surface area contributed by atoms with Crippen LogP contribution in [0.15, 0.2) is 30.5 Å². The van der Waals surface area contributed by atoms with Gasteiger partial charge in [0, 0.05) is 31.0 Å². The molecule has 0 bridgehead atoms. The molecule has 3 rings (SSSR count). The van der Waals surface area contributed by atoms with Crippen LogP contribution in [0.2, 0.25) is 0 Å². The number of H-pyrrole nitrogens is 1. The lowest BCUT2D eigenvalue weighted by Gasteiger charge is -2.18. The van der Waals surface area contributed by atoms with Crippen LogP contribution in [0.1, 0.15) is 37.6 Å². The number of aromatic nitrogens is 2. The highest BCUT2D eigenvalue weighted by Gasteiger charge is 2.32. The summed E-state index contributed by atoms with van der Waals surface area (Å²) in [6.07, 6.45) is 2.45. The first-order valence-electron chi connectivity index (χ1n) is 7.93. The summed E-state index contributed by atoms with van der Waals surface area (Å²) in [5.41, 5.74) is 3.43. The highest BCUT2D eigenvalue weighted by atomic mass is 16.2. The van der Waals surface area contributed by atoms with E-state index in [2.05, 4.69) is 42.9 Å². The molecule has 1 N–H and O–H groups in total. The van der Waals surface area contributed by atoms with Crippen LogP contribution in [0, 0.1) is 12.8 Å². The topological polar surface area (TPSA) is 49.0 Å². The minimum atomic E-state index is 0.184. The molecule has 1 aromatic heterocycles. The first kappa shape index (κ1) is 14.8. The van der Waals surface area contributed by atoms with Crippen LogP contribution >= 0.6 is 0 Å². The van der Waals surface area contributed by atoms with Crippen molar-refractivity contribution in [3.05, 3.63) is 41.9 Å². The second-order valence-electron chi connectivity index (χ2n) is 6.59. The lowest BCUT2D eigenvalue weighted by Crippen LogP contribution is -2.29. The summed E-state index contributed by atoms with van der Waals surface area (Å²) in [5, 5.41) is 0.